The van der Waals surface area contributed by atoms with Gasteiger partial charge in [0.15, 0.2) is 0 Å². The van der Waals surface area contributed by atoms with Crippen molar-refractivity contribution in [2.45, 2.75) is 53.4 Å². The van der Waals surface area contributed by atoms with Gasteiger partial charge in [-0.05, 0) is 38.9 Å². The summed E-state index contributed by atoms with van der Waals surface area (Å²) in [6.07, 6.45) is 3.03. The molecule has 0 aromatic carbocycles. The second kappa shape index (κ2) is 7.40. The first-order valence-electron chi connectivity index (χ1n) is 7.94. The topological polar surface area (TPSA) is 43.1 Å². The average Bonchev–Trinajstić information content (AvgIpc) is 2.81. The third kappa shape index (κ3) is 4.07. The van der Waals surface area contributed by atoms with E-state index in [2.05, 4.69) is 34.7 Å². The SMILES string of the molecule is CCCn1nc(C)cc1CN(C)Cc1ccc(=O)n(CC)c1. The number of aryl methyl sites for hydroxylation is 3. The Morgan fingerprint density at radius 1 is 1.23 bits per heavy atom. The molecule has 5 heteroatoms. The van der Waals surface area contributed by atoms with Gasteiger partial charge in [-0.25, -0.2) is 0 Å². The van der Waals surface area contributed by atoms with Gasteiger partial charge in [0, 0.05) is 38.4 Å². The van der Waals surface area contributed by atoms with Crippen molar-refractivity contribution in [3.63, 3.8) is 0 Å². The van der Waals surface area contributed by atoms with Crippen molar-refractivity contribution in [2.24, 2.45) is 0 Å². The van der Waals surface area contributed by atoms with E-state index in [9.17, 15) is 4.79 Å². The van der Waals surface area contributed by atoms with E-state index < -0.39 is 0 Å². The second-order valence-electron chi connectivity index (χ2n) is 5.83. The monoisotopic (exact) mass is 302 g/mol. The molecule has 2 rings (SSSR count). The fourth-order valence-electron chi connectivity index (χ4n) is 2.70. The number of pyridine rings is 1. The van der Waals surface area contributed by atoms with Crippen molar-refractivity contribution in [1.82, 2.24) is 19.2 Å². The van der Waals surface area contributed by atoms with Gasteiger partial charge in [0.2, 0.25) is 0 Å². The molecule has 0 aliphatic heterocycles. The lowest BCUT2D eigenvalue weighted by Gasteiger charge is -2.18. The van der Waals surface area contributed by atoms with E-state index in [1.165, 1.54) is 5.69 Å². The summed E-state index contributed by atoms with van der Waals surface area (Å²) < 4.78 is 3.84. The van der Waals surface area contributed by atoms with E-state index in [1.54, 1.807) is 10.6 Å². The minimum absolute atomic E-state index is 0.0607. The van der Waals surface area contributed by atoms with Crippen LogP contribution in [0.25, 0.3) is 0 Å². The fraction of sp³-hybridized carbons (Fsp3) is 0.529. The van der Waals surface area contributed by atoms with E-state index in [4.69, 9.17) is 0 Å². The van der Waals surface area contributed by atoms with Crippen LogP contribution in [0.2, 0.25) is 0 Å². The quantitative estimate of drug-likeness (QED) is 0.789. The van der Waals surface area contributed by atoms with Crippen LogP contribution in [0.15, 0.2) is 29.2 Å². The van der Waals surface area contributed by atoms with Crippen molar-refractivity contribution < 1.29 is 0 Å². The first-order chi connectivity index (χ1) is 10.5. The number of hydrogen-bond donors (Lipinski definition) is 0. The zero-order valence-corrected chi connectivity index (χ0v) is 14.0. The summed E-state index contributed by atoms with van der Waals surface area (Å²) in [7, 11) is 2.10. The van der Waals surface area contributed by atoms with Gasteiger partial charge in [0.25, 0.3) is 5.56 Å². The van der Waals surface area contributed by atoms with Crippen LogP contribution < -0.4 is 5.56 Å². The van der Waals surface area contributed by atoms with Gasteiger partial charge < -0.3 is 4.57 Å². The highest BCUT2D eigenvalue weighted by Gasteiger charge is 2.09. The zero-order valence-electron chi connectivity index (χ0n) is 14.0. The van der Waals surface area contributed by atoms with Crippen LogP contribution in [0.3, 0.4) is 0 Å². The van der Waals surface area contributed by atoms with Crippen LogP contribution in [0.1, 0.15) is 37.2 Å². The van der Waals surface area contributed by atoms with Crippen molar-refractivity contribution in [2.75, 3.05) is 7.05 Å². The van der Waals surface area contributed by atoms with Crippen LogP contribution >= 0.6 is 0 Å². The molecule has 0 bridgehead atoms. The molecule has 0 N–H and O–H groups in total. The van der Waals surface area contributed by atoms with Crippen LogP contribution in [0.4, 0.5) is 0 Å². The molecule has 2 heterocycles. The molecule has 2 aromatic heterocycles. The fourth-order valence-corrected chi connectivity index (χ4v) is 2.70. The maximum absolute atomic E-state index is 11.6. The lowest BCUT2D eigenvalue weighted by molar-refractivity contribution is 0.305. The van der Waals surface area contributed by atoms with Gasteiger partial charge in [-0.2, -0.15) is 5.10 Å². The molecule has 120 valence electrons. The predicted molar refractivity (Wildman–Crippen MR) is 88.8 cm³/mol. The molecule has 0 unspecified atom stereocenters. The van der Waals surface area contributed by atoms with Gasteiger partial charge in [-0.15, -0.1) is 0 Å². The molecule has 0 saturated heterocycles. The highest BCUT2D eigenvalue weighted by atomic mass is 16.1. The molecule has 0 spiro atoms. The van der Waals surface area contributed by atoms with E-state index in [-0.39, 0.29) is 5.56 Å². The highest BCUT2D eigenvalue weighted by Crippen LogP contribution is 2.10. The Balaban J connectivity index is 2.07. The van der Waals surface area contributed by atoms with Crippen LogP contribution in [0.5, 0.6) is 0 Å². The zero-order chi connectivity index (χ0) is 16.1. The summed E-state index contributed by atoms with van der Waals surface area (Å²) in [5, 5.41) is 4.54. The first-order valence-corrected chi connectivity index (χ1v) is 7.94. The summed E-state index contributed by atoms with van der Waals surface area (Å²) in [5.41, 5.74) is 3.52. The van der Waals surface area contributed by atoms with E-state index in [0.717, 1.165) is 37.3 Å². The third-order valence-electron chi connectivity index (χ3n) is 3.69. The van der Waals surface area contributed by atoms with Crippen molar-refractivity contribution in [1.29, 1.82) is 0 Å². The average molecular weight is 302 g/mol. The second-order valence-corrected chi connectivity index (χ2v) is 5.83. The molecule has 0 atom stereocenters. The summed E-state index contributed by atoms with van der Waals surface area (Å²) in [4.78, 5) is 13.9. The van der Waals surface area contributed by atoms with Crippen LogP contribution in [-0.2, 0) is 26.2 Å². The normalized spacial score (nSPS) is 11.3. The van der Waals surface area contributed by atoms with Crippen LogP contribution in [0, 0.1) is 6.92 Å². The summed E-state index contributed by atoms with van der Waals surface area (Å²) >= 11 is 0. The molecular formula is C17H26N4O. The lowest BCUT2D eigenvalue weighted by atomic mass is 10.2. The van der Waals surface area contributed by atoms with Crippen LogP contribution in [-0.4, -0.2) is 26.3 Å². The maximum atomic E-state index is 11.6. The smallest absolute Gasteiger partial charge is 0.250 e. The summed E-state index contributed by atoms with van der Waals surface area (Å²) in [6.45, 7) is 9.52. The molecule has 0 amide bonds. The highest BCUT2D eigenvalue weighted by molar-refractivity contribution is 5.12. The number of aromatic nitrogens is 3. The van der Waals surface area contributed by atoms with Gasteiger partial charge in [-0.3, -0.25) is 14.4 Å². The lowest BCUT2D eigenvalue weighted by Crippen LogP contribution is -2.22. The molecular weight excluding hydrogens is 276 g/mol. The minimum Gasteiger partial charge on any atom is -0.315 e. The van der Waals surface area contributed by atoms with E-state index >= 15 is 0 Å². The van der Waals surface area contributed by atoms with Gasteiger partial charge >= 0.3 is 0 Å². The van der Waals surface area contributed by atoms with Gasteiger partial charge in [-0.1, -0.05) is 13.0 Å². The number of nitrogens with zero attached hydrogens (tertiary/aromatic N) is 4. The Morgan fingerprint density at radius 2 is 2.00 bits per heavy atom. The predicted octanol–water partition coefficient (Wildman–Crippen LogP) is 2.42. The third-order valence-corrected chi connectivity index (χ3v) is 3.69. The molecule has 0 aliphatic carbocycles. The largest absolute Gasteiger partial charge is 0.315 e. The molecule has 2 aromatic rings. The molecule has 0 fully saturated rings. The molecule has 0 radical (unpaired) electrons. The Kier molecular flexibility index (Phi) is 5.55. The van der Waals surface area contributed by atoms with Gasteiger partial charge in [0.1, 0.15) is 0 Å². The van der Waals surface area contributed by atoms with Crippen molar-refractivity contribution in [3.8, 4) is 0 Å². The number of hydrogen-bond acceptors (Lipinski definition) is 3. The maximum Gasteiger partial charge on any atom is 0.250 e. The number of rotatable bonds is 7. The van der Waals surface area contributed by atoms with E-state index in [0.29, 0.717) is 6.54 Å². The first kappa shape index (κ1) is 16.5. The minimum atomic E-state index is 0.0607. The molecule has 5 nitrogen and oxygen atoms in total. The molecule has 0 aliphatic rings. The van der Waals surface area contributed by atoms with Gasteiger partial charge in [0.05, 0.1) is 11.4 Å². The molecule has 0 saturated carbocycles. The Morgan fingerprint density at radius 3 is 2.68 bits per heavy atom. The summed E-state index contributed by atoms with van der Waals surface area (Å²) in [6, 6.07) is 5.72. The van der Waals surface area contributed by atoms with Crippen molar-refractivity contribution in [3.05, 3.63) is 51.7 Å². The van der Waals surface area contributed by atoms with E-state index in [1.807, 2.05) is 26.1 Å². The molecule has 22 heavy (non-hydrogen) atoms. The van der Waals surface area contributed by atoms with Crippen molar-refractivity contribution >= 4 is 0 Å². The Labute approximate surface area is 132 Å². The Hall–Kier alpha value is -1.88. The standard InChI is InChI=1S/C17H26N4O/c1-5-9-21-16(10-14(3)18-21)13-19(4)11-15-7-8-17(22)20(6-2)12-15/h7-8,10,12H,5-6,9,11,13H2,1-4H3. The Bertz CT molecular complexity index is 672. The summed E-state index contributed by atoms with van der Waals surface area (Å²) in [5.74, 6) is 0.